The van der Waals surface area contributed by atoms with Crippen molar-refractivity contribution in [1.29, 1.82) is 0 Å². The molecule has 2 aromatic rings. The molecule has 1 amide bonds. The predicted molar refractivity (Wildman–Crippen MR) is 85.8 cm³/mol. The first-order valence-corrected chi connectivity index (χ1v) is 7.76. The molecule has 1 saturated heterocycles. The fraction of sp³-hybridized carbons (Fsp3) is 0.389. The van der Waals surface area contributed by atoms with Crippen LogP contribution >= 0.6 is 0 Å². The lowest BCUT2D eigenvalue weighted by atomic mass is 10.2. The van der Waals surface area contributed by atoms with Gasteiger partial charge in [-0.2, -0.15) is 0 Å². The van der Waals surface area contributed by atoms with E-state index in [2.05, 4.69) is 34.5 Å². The number of likely N-dealkylation sites (tertiary alicyclic amines) is 1. The monoisotopic (exact) mass is 298 g/mol. The lowest BCUT2D eigenvalue weighted by Gasteiger charge is -2.16. The molecular weight excluding hydrogens is 276 g/mol. The van der Waals surface area contributed by atoms with Gasteiger partial charge in [-0.3, -0.25) is 9.69 Å². The summed E-state index contributed by atoms with van der Waals surface area (Å²) in [6, 6.07) is 12.5. The minimum atomic E-state index is -0.0269. The zero-order valence-corrected chi connectivity index (χ0v) is 13.1. The number of aryl methyl sites for hydroxylation is 2. The van der Waals surface area contributed by atoms with E-state index in [4.69, 9.17) is 4.42 Å². The molecule has 0 bridgehead atoms. The molecule has 1 aromatic carbocycles. The van der Waals surface area contributed by atoms with E-state index >= 15 is 0 Å². The Kier molecular flexibility index (Phi) is 4.29. The van der Waals surface area contributed by atoms with Crippen molar-refractivity contribution in [2.24, 2.45) is 0 Å². The molecule has 1 aromatic heterocycles. The smallest absolute Gasteiger partial charge is 0.255 e. The van der Waals surface area contributed by atoms with E-state index in [0.29, 0.717) is 11.3 Å². The van der Waals surface area contributed by atoms with Crippen LogP contribution in [0.15, 0.2) is 40.8 Å². The summed E-state index contributed by atoms with van der Waals surface area (Å²) in [6.45, 7) is 6.55. The van der Waals surface area contributed by atoms with E-state index < -0.39 is 0 Å². The Hall–Kier alpha value is -2.07. The third-order valence-electron chi connectivity index (χ3n) is 4.14. The summed E-state index contributed by atoms with van der Waals surface area (Å²) in [5, 5.41) is 3.12. The Balaban J connectivity index is 1.55. The van der Waals surface area contributed by atoms with Gasteiger partial charge >= 0.3 is 0 Å². The molecule has 1 fully saturated rings. The maximum atomic E-state index is 12.3. The quantitative estimate of drug-likeness (QED) is 0.944. The normalized spacial score (nSPS) is 18.5. The van der Waals surface area contributed by atoms with Gasteiger partial charge in [-0.1, -0.05) is 30.3 Å². The van der Waals surface area contributed by atoms with Crippen molar-refractivity contribution in [1.82, 2.24) is 10.2 Å². The first-order valence-electron chi connectivity index (χ1n) is 7.76. The molecule has 3 rings (SSSR count). The number of nitrogens with zero attached hydrogens (tertiary/aromatic N) is 1. The molecule has 0 spiro atoms. The second-order valence-corrected chi connectivity index (χ2v) is 6.01. The van der Waals surface area contributed by atoms with Gasteiger partial charge in [0, 0.05) is 25.7 Å². The number of hydrogen-bond acceptors (Lipinski definition) is 3. The van der Waals surface area contributed by atoms with Gasteiger partial charge in [0.05, 0.1) is 5.56 Å². The van der Waals surface area contributed by atoms with Gasteiger partial charge in [0.1, 0.15) is 11.5 Å². The van der Waals surface area contributed by atoms with E-state index in [1.165, 1.54) is 5.56 Å². The van der Waals surface area contributed by atoms with Crippen LogP contribution in [0.25, 0.3) is 0 Å². The molecule has 4 heteroatoms. The Labute approximate surface area is 131 Å². The molecule has 1 N–H and O–H groups in total. The number of benzene rings is 1. The van der Waals surface area contributed by atoms with Crippen LogP contribution in [0.1, 0.15) is 33.9 Å². The number of carbonyl (C=O) groups excluding carboxylic acids is 1. The standard InChI is InChI=1S/C18H22N2O2/c1-13-10-17(14(2)22-13)18(21)19-16-8-9-20(12-16)11-15-6-4-3-5-7-15/h3-7,10,16H,8-9,11-12H2,1-2H3,(H,19,21). The molecule has 2 heterocycles. The summed E-state index contributed by atoms with van der Waals surface area (Å²) in [5.41, 5.74) is 1.97. The Bertz CT molecular complexity index is 648. The highest BCUT2D eigenvalue weighted by Gasteiger charge is 2.25. The van der Waals surface area contributed by atoms with E-state index in [9.17, 15) is 4.79 Å². The molecule has 0 aliphatic carbocycles. The fourth-order valence-corrected chi connectivity index (χ4v) is 3.06. The Morgan fingerprint density at radius 1 is 1.32 bits per heavy atom. The predicted octanol–water partition coefficient (Wildman–Crippen LogP) is 2.90. The van der Waals surface area contributed by atoms with Crippen LogP contribution in [-0.2, 0) is 6.54 Å². The highest BCUT2D eigenvalue weighted by molar-refractivity contribution is 5.95. The van der Waals surface area contributed by atoms with Gasteiger partial charge in [0.25, 0.3) is 5.91 Å². The zero-order chi connectivity index (χ0) is 15.5. The SMILES string of the molecule is Cc1cc(C(=O)NC2CCN(Cc3ccccc3)C2)c(C)o1. The van der Waals surface area contributed by atoms with Crippen LogP contribution in [0.5, 0.6) is 0 Å². The van der Waals surface area contributed by atoms with Crippen molar-refractivity contribution in [3.63, 3.8) is 0 Å². The van der Waals surface area contributed by atoms with Crippen molar-refractivity contribution < 1.29 is 9.21 Å². The fourth-order valence-electron chi connectivity index (χ4n) is 3.06. The highest BCUT2D eigenvalue weighted by atomic mass is 16.3. The van der Waals surface area contributed by atoms with E-state index in [1.54, 1.807) is 6.07 Å². The molecule has 1 unspecified atom stereocenters. The van der Waals surface area contributed by atoms with Crippen molar-refractivity contribution in [2.75, 3.05) is 13.1 Å². The third-order valence-corrected chi connectivity index (χ3v) is 4.14. The molecular formula is C18H22N2O2. The third kappa shape index (κ3) is 3.39. The minimum Gasteiger partial charge on any atom is -0.466 e. The lowest BCUT2D eigenvalue weighted by molar-refractivity contribution is 0.0936. The van der Waals surface area contributed by atoms with E-state index in [-0.39, 0.29) is 11.9 Å². The molecule has 0 radical (unpaired) electrons. The molecule has 1 aliphatic heterocycles. The van der Waals surface area contributed by atoms with E-state index in [0.717, 1.165) is 31.8 Å². The number of furan rings is 1. The summed E-state index contributed by atoms with van der Waals surface area (Å²) < 4.78 is 5.43. The number of nitrogens with one attached hydrogen (secondary N) is 1. The average Bonchev–Trinajstić information content (AvgIpc) is 3.06. The zero-order valence-electron chi connectivity index (χ0n) is 13.1. The van der Waals surface area contributed by atoms with Gasteiger partial charge in [-0.05, 0) is 31.9 Å². The second kappa shape index (κ2) is 6.36. The first-order chi connectivity index (χ1) is 10.6. The topological polar surface area (TPSA) is 45.5 Å². The van der Waals surface area contributed by atoms with Gasteiger partial charge < -0.3 is 9.73 Å². The number of rotatable bonds is 4. The first kappa shape index (κ1) is 14.9. The van der Waals surface area contributed by atoms with Crippen molar-refractivity contribution in [3.05, 3.63) is 59.0 Å². The second-order valence-electron chi connectivity index (χ2n) is 6.01. The van der Waals surface area contributed by atoms with E-state index in [1.807, 2.05) is 19.9 Å². The van der Waals surface area contributed by atoms with Crippen molar-refractivity contribution >= 4 is 5.91 Å². The molecule has 22 heavy (non-hydrogen) atoms. The Morgan fingerprint density at radius 2 is 2.09 bits per heavy atom. The maximum Gasteiger partial charge on any atom is 0.255 e. The molecule has 116 valence electrons. The summed E-state index contributed by atoms with van der Waals surface area (Å²) >= 11 is 0. The molecule has 1 aliphatic rings. The van der Waals surface area contributed by atoms with Crippen molar-refractivity contribution in [3.8, 4) is 0 Å². The van der Waals surface area contributed by atoms with Crippen LogP contribution in [0, 0.1) is 13.8 Å². The van der Waals surface area contributed by atoms with Crippen LogP contribution in [-0.4, -0.2) is 29.9 Å². The lowest BCUT2D eigenvalue weighted by Crippen LogP contribution is -2.37. The highest BCUT2D eigenvalue weighted by Crippen LogP contribution is 2.16. The molecule has 1 atom stereocenters. The largest absolute Gasteiger partial charge is 0.466 e. The summed E-state index contributed by atoms with van der Waals surface area (Å²) in [4.78, 5) is 14.7. The van der Waals surface area contributed by atoms with Gasteiger partial charge in [0.15, 0.2) is 0 Å². The van der Waals surface area contributed by atoms with Crippen molar-refractivity contribution in [2.45, 2.75) is 32.9 Å². The van der Waals surface area contributed by atoms with Crippen LogP contribution < -0.4 is 5.32 Å². The number of carbonyl (C=O) groups is 1. The number of amides is 1. The van der Waals surface area contributed by atoms with Crippen LogP contribution in [0.3, 0.4) is 0 Å². The maximum absolute atomic E-state index is 12.3. The summed E-state index contributed by atoms with van der Waals surface area (Å²) in [7, 11) is 0. The van der Waals surface area contributed by atoms with Gasteiger partial charge in [0.2, 0.25) is 0 Å². The Morgan fingerprint density at radius 3 is 2.77 bits per heavy atom. The van der Waals surface area contributed by atoms with Crippen LogP contribution in [0.4, 0.5) is 0 Å². The van der Waals surface area contributed by atoms with Gasteiger partial charge in [-0.15, -0.1) is 0 Å². The number of hydrogen-bond donors (Lipinski definition) is 1. The summed E-state index contributed by atoms with van der Waals surface area (Å²) in [5.74, 6) is 1.44. The average molecular weight is 298 g/mol. The van der Waals surface area contributed by atoms with Crippen LogP contribution in [0.2, 0.25) is 0 Å². The molecule has 0 saturated carbocycles. The van der Waals surface area contributed by atoms with Gasteiger partial charge in [-0.25, -0.2) is 0 Å². The summed E-state index contributed by atoms with van der Waals surface area (Å²) in [6.07, 6.45) is 0.994. The minimum absolute atomic E-state index is 0.0269. The molecule has 4 nitrogen and oxygen atoms in total.